The summed E-state index contributed by atoms with van der Waals surface area (Å²) in [4.78, 5) is 63.4. The molecule has 27 heteroatoms. The number of ether oxygens (including phenoxy) is 3. The second-order valence-electron chi connectivity index (χ2n) is 21.8. The van der Waals surface area contributed by atoms with E-state index in [9.17, 15) is 18.4 Å². The van der Waals surface area contributed by atoms with Crippen molar-refractivity contribution in [3.8, 4) is 34.3 Å². The predicted molar refractivity (Wildman–Crippen MR) is 317 cm³/mol. The van der Waals surface area contributed by atoms with Gasteiger partial charge in [0.25, 0.3) is 0 Å². The molecule has 0 spiro atoms. The highest BCUT2D eigenvalue weighted by molar-refractivity contribution is 7.22. The number of carbonyl (C=O) groups is 2. The fourth-order valence-corrected chi connectivity index (χ4v) is 14.5. The Bertz CT molecular complexity index is 4030. The smallest absolute Gasteiger partial charge is 0.319 e. The molecule has 9 heterocycles. The molecule has 5 aliphatic heterocycles. The summed E-state index contributed by atoms with van der Waals surface area (Å²) in [6.07, 6.45) is 5.56. The van der Waals surface area contributed by atoms with Crippen LogP contribution in [-0.2, 0) is 14.3 Å². The molecule has 0 saturated carbocycles. The number of thiazole rings is 2. The van der Waals surface area contributed by atoms with Gasteiger partial charge < -0.3 is 45.7 Å². The van der Waals surface area contributed by atoms with Gasteiger partial charge in [-0.05, 0) is 68.9 Å². The van der Waals surface area contributed by atoms with Gasteiger partial charge in [-0.25, -0.2) is 27.5 Å². The van der Waals surface area contributed by atoms with Crippen LogP contribution in [0.4, 0.5) is 39.5 Å². The van der Waals surface area contributed by atoms with Gasteiger partial charge >= 0.3 is 12.0 Å². The Balaban J connectivity index is 0.704. The summed E-state index contributed by atoms with van der Waals surface area (Å²) in [5.74, 6) is -2.01. The van der Waals surface area contributed by atoms with Crippen molar-refractivity contribution in [1.82, 2.24) is 49.5 Å². The lowest BCUT2D eigenvalue weighted by molar-refractivity contribution is -0.129. The third-order valence-electron chi connectivity index (χ3n) is 16.5. The van der Waals surface area contributed by atoms with Crippen molar-refractivity contribution in [3.05, 3.63) is 94.5 Å². The third-order valence-corrected chi connectivity index (χ3v) is 18.9. The monoisotopic (exact) mass is 1220 g/mol. The summed E-state index contributed by atoms with van der Waals surface area (Å²) in [5.41, 5.74) is 12.6. The third kappa shape index (κ3) is 10.2. The van der Waals surface area contributed by atoms with Gasteiger partial charge in [0, 0.05) is 123 Å². The van der Waals surface area contributed by atoms with Crippen LogP contribution in [0, 0.1) is 35.1 Å². The Morgan fingerprint density at radius 1 is 0.750 bits per heavy atom. The van der Waals surface area contributed by atoms with Crippen LogP contribution in [0.2, 0.25) is 10.0 Å². The molecule has 5 N–H and O–H groups in total. The number of likely N-dealkylation sites (N-methyl/N-ethyl adjacent to an activating group) is 1. The number of methoxy groups -OCH3 is 1. The molecular formula is C57H54Cl2F4N14O5S2. The standard InChI is InChI=1S/C57H54Cl2F4N14O5S2/c1-4-40(78)75-17-26-19-77(20-27(26)18-75)53-33-16-35(59)43(31-10-12-37(61)51-49(31)68-55(65)84-51)45(63)47(33)69-56(72-53)81-25-29-7-5-13-74(29)14-6-8-41(79)76-21-28(22-76)66-52-32-15-34(58)42(30-9-11-36(60)50-48(30)67-54(64)83-50)44(62)46(32)70-57(71-52)82-39-24-73(2)23-38(39)80-3/h4,6,8-12,15-16,26-29,38-39H,1,5,7,13-14,17-25H2,2-3H3,(H2,64,67)(H2,65,68)(H,66,70,71)/b8-6+/t26?,27?,29-,38?,39?/m0/s1. The fraction of sp³-hybridized carbons (Fsp3) is 0.368. The number of anilines is 4. The Morgan fingerprint density at radius 2 is 1.35 bits per heavy atom. The number of aromatic nitrogens is 6. The summed E-state index contributed by atoms with van der Waals surface area (Å²) in [7, 11) is 3.52. The highest BCUT2D eigenvalue weighted by atomic mass is 35.5. The molecule has 2 amide bonds. The average Bonchev–Trinajstić information content (AvgIpc) is 1.51. The molecule has 19 nitrogen and oxygen atoms in total. The summed E-state index contributed by atoms with van der Waals surface area (Å²) < 4.78 is 82.9. The first-order valence-corrected chi connectivity index (χ1v) is 29.6. The van der Waals surface area contributed by atoms with Gasteiger partial charge in [-0.1, -0.05) is 58.5 Å². The van der Waals surface area contributed by atoms with Crippen molar-refractivity contribution >= 4 is 122 Å². The summed E-state index contributed by atoms with van der Waals surface area (Å²) in [6, 6.07) is 7.91. The van der Waals surface area contributed by atoms with E-state index in [1.54, 1.807) is 35.1 Å². The summed E-state index contributed by atoms with van der Waals surface area (Å²) in [6.45, 7) is 8.90. The maximum atomic E-state index is 17.3. The molecule has 5 aliphatic rings. The topological polar surface area (TPSA) is 219 Å². The molecule has 5 fully saturated rings. The second kappa shape index (κ2) is 22.3. The minimum atomic E-state index is -0.793. The van der Waals surface area contributed by atoms with Gasteiger partial charge in [0.1, 0.15) is 53.1 Å². The molecule has 5 saturated heterocycles. The average molecular weight is 1230 g/mol. The molecular weight excluding hydrogens is 1170 g/mol. The number of fused-ring (bicyclic) bond motifs is 5. The first-order valence-electron chi connectivity index (χ1n) is 27.2. The number of hydrogen-bond acceptors (Lipinski definition) is 19. The van der Waals surface area contributed by atoms with Crippen LogP contribution in [0.25, 0.3) is 64.5 Å². The van der Waals surface area contributed by atoms with E-state index in [1.165, 1.54) is 30.3 Å². The highest BCUT2D eigenvalue weighted by Gasteiger charge is 2.43. The van der Waals surface area contributed by atoms with Crippen LogP contribution in [0.15, 0.2) is 61.2 Å². The molecule has 4 aromatic heterocycles. The molecule has 0 radical (unpaired) electrons. The number of amides is 2. The van der Waals surface area contributed by atoms with Gasteiger partial charge in [0.05, 0.1) is 36.5 Å². The van der Waals surface area contributed by atoms with Crippen molar-refractivity contribution in [3.63, 3.8) is 0 Å². The Labute approximate surface area is 495 Å². The fourth-order valence-electron chi connectivity index (χ4n) is 12.4. The SMILES string of the molecule is C=CC(=O)N1CC2CN(c3nc(OC[C@@H]4CCCN4C/C=C/C(=O)N4CC(Nc5nc(OC6CN(C)CC6OC)nc6c(F)c(-c7ccc(F)c8sc(N)nc78)c(Cl)cc56)C4)nc4c(F)c(-c5ccc(F)c6sc(N)nc56)c(Cl)cc34)CC2C1. The van der Waals surface area contributed by atoms with Crippen molar-refractivity contribution in [2.75, 3.05) is 108 Å². The zero-order chi connectivity index (χ0) is 58.4. The van der Waals surface area contributed by atoms with Crippen LogP contribution in [-0.4, -0.2) is 172 Å². The maximum Gasteiger partial charge on any atom is 0.319 e. The zero-order valence-electron chi connectivity index (χ0n) is 45.3. The lowest BCUT2D eigenvalue weighted by Gasteiger charge is -2.39. The maximum absolute atomic E-state index is 17.3. The number of likely N-dealkylation sites (tertiary alicyclic amines) is 4. The molecule has 0 aliphatic carbocycles. The van der Waals surface area contributed by atoms with Gasteiger partial charge in [-0.15, -0.1) is 0 Å². The molecule has 8 aromatic rings. The van der Waals surface area contributed by atoms with Crippen LogP contribution in [0.3, 0.4) is 0 Å². The van der Waals surface area contributed by atoms with E-state index in [0.29, 0.717) is 70.1 Å². The Morgan fingerprint density at radius 3 is 1.98 bits per heavy atom. The van der Waals surface area contributed by atoms with E-state index < -0.39 is 29.4 Å². The minimum absolute atomic E-state index is 0.0106. The number of nitrogen functional groups attached to an aromatic ring is 2. The normalized spacial score (nSPS) is 21.3. The number of hydrogen-bond donors (Lipinski definition) is 3. The van der Waals surface area contributed by atoms with Gasteiger partial charge in [0.2, 0.25) is 11.8 Å². The Kier molecular flexibility index (Phi) is 14.8. The zero-order valence-corrected chi connectivity index (χ0v) is 48.4. The highest BCUT2D eigenvalue weighted by Crippen LogP contribution is 2.46. The van der Waals surface area contributed by atoms with Gasteiger partial charge in [-0.3, -0.25) is 19.4 Å². The molecule has 4 unspecified atom stereocenters. The first-order chi connectivity index (χ1) is 40.5. The van der Waals surface area contributed by atoms with Crippen molar-refractivity contribution in [2.24, 2.45) is 11.8 Å². The van der Waals surface area contributed by atoms with Crippen molar-refractivity contribution < 1.29 is 41.4 Å². The van der Waals surface area contributed by atoms with Gasteiger partial charge in [0.15, 0.2) is 21.9 Å². The lowest BCUT2D eigenvalue weighted by atomic mass is 10.0. The molecule has 84 heavy (non-hydrogen) atoms. The predicted octanol–water partition coefficient (Wildman–Crippen LogP) is 8.66. The van der Waals surface area contributed by atoms with Crippen molar-refractivity contribution in [2.45, 2.75) is 37.1 Å². The molecule has 4 aromatic carbocycles. The quantitative estimate of drug-likeness (QED) is 0.0646. The number of halogens is 6. The van der Waals surface area contributed by atoms with Gasteiger partial charge in [-0.2, -0.15) is 19.9 Å². The van der Waals surface area contributed by atoms with Crippen LogP contribution >= 0.6 is 45.9 Å². The van der Waals surface area contributed by atoms with E-state index >= 15 is 8.78 Å². The van der Waals surface area contributed by atoms with E-state index in [0.717, 1.165) is 42.1 Å². The molecule has 0 bridgehead atoms. The van der Waals surface area contributed by atoms with Crippen LogP contribution in [0.5, 0.6) is 12.0 Å². The van der Waals surface area contributed by atoms with E-state index in [2.05, 4.69) is 41.6 Å². The largest absolute Gasteiger partial charge is 0.462 e. The number of nitrogens with zero attached hydrogens (tertiary/aromatic N) is 11. The number of benzene rings is 4. The van der Waals surface area contributed by atoms with E-state index in [1.807, 2.05) is 18.0 Å². The van der Waals surface area contributed by atoms with Crippen LogP contribution < -0.4 is 31.2 Å². The number of nitrogens with two attached hydrogens (primary N) is 2. The second-order valence-corrected chi connectivity index (χ2v) is 24.7. The lowest BCUT2D eigenvalue weighted by Crippen LogP contribution is -2.56. The Hall–Kier alpha value is -7.26. The summed E-state index contributed by atoms with van der Waals surface area (Å²) >= 11 is 15.7. The first kappa shape index (κ1) is 55.9. The number of nitrogens with one attached hydrogen (secondary N) is 1. The molecule has 5 atom stereocenters. The summed E-state index contributed by atoms with van der Waals surface area (Å²) in [5, 5.41) is 4.30. The van der Waals surface area contributed by atoms with E-state index in [4.69, 9.17) is 58.8 Å². The van der Waals surface area contributed by atoms with Crippen molar-refractivity contribution in [1.29, 1.82) is 0 Å². The van der Waals surface area contributed by atoms with Crippen LogP contribution in [0.1, 0.15) is 12.8 Å². The molecule has 436 valence electrons. The van der Waals surface area contributed by atoms with E-state index in [-0.39, 0.29) is 146 Å². The number of carbonyl (C=O) groups excluding carboxylic acids is 2. The molecule has 13 rings (SSSR count). The number of rotatable bonds is 15. The minimum Gasteiger partial charge on any atom is -0.462 e.